The second kappa shape index (κ2) is 5.11. The first kappa shape index (κ1) is 16.6. The molecule has 0 aromatic rings. The maximum atomic E-state index is 10.9. The molecule has 3 aliphatic rings. The second-order valence-electron chi connectivity index (χ2n) is 7.28. The smallest absolute Gasteiger partial charge is 0.188 e. The van der Waals surface area contributed by atoms with Crippen LogP contribution in [0.25, 0.3) is 0 Å². The van der Waals surface area contributed by atoms with Gasteiger partial charge in [-0.2, -0.15) is 0 Å². The van der Waals surface area contributed by atoms with Gasteiger partial charge in [-0.05, 0) is 34.6 Å². The highest BCUT2D eigenvalue weighted by atomic mass is 16.8. The largest absolute Gasteiger partial charge is 0.382 e. The van der Waals surface area contributed by atoms with Crippen LogP contribution in [0.5, 0.6) is 0 Å². The fraction of sp³-hybridized carbons (Fsp3) is 1.00. The van der Waals surface area contributed by atoms with Crippen LogP contribution in [0, 0.1) is 0 Å². The zero-order valence-electron chi connectivity index (χ0n) is 14.0. The van der Waals surface area contributed by atoms with Crippen molar-refractivity contribution in [2.45, 2.75) is 82.5 Å². The SMILES string of the molecule is CO[C@H]1OC2COC(C)(C)O[C@H]2[C@@H]2OC(C)(C)OC2[C@@]1(C)O. The summed E-state index contributed by atoms with van der Waals surface area (Å²) < 4.78 is 34.9. The van der Waals surface area contributed by atoms with Gasteiger partial charge in [-0.1, -0.05) is 0 Å². The number of fused-ring (bicyclic) bond motifs is 3. The number of aliphatic hydroxyl groups is 1. The summed E-state index contributed by atoms with van der Waals surface area (Å²) >= 11 is 0. The number of ether oxygens (including phenoxy) is 6. The molecule has 7 heteroatoms. The predicted octanol–water partition coefficient (Wildman–Crippen LogP) is 0.780. The molecular weight excluding hydrogens is 292 g/mol. The molecule has 0 spiro atoms. The Morgan fingerprint density at radius 3 is 2.23 bits per heavy atom. The second-order valence-corrected chi connectivity index (χ2v) is 7.28. The van der Waals surface area contributed by atoms with Crippen LogP contribution < -0.4 is 0 Å². The summed E-state index contributed by atoms with van der Waals surface area (Å²) in [6.07, 6.45) is -2.78. The average Bonchev–Trinajstić information content (AvgIpc) is 2.69. The molecule has 0 amide bonds. The molecule has 3 saturated heterocycles. The predicted molar refractivity (Wildman–Crippen MR) is 75.0 cm³/mol. The molecule has 1 N–H and O–H groups in total. The third-order valence-corrected chi connectivity index (χ3v) is 4.40. The van der Waals surface area contributed by atoms with Gasteiger partial charge >= 0.3 is 0 Å². The average molecular weight is 318 g/mol. The summed E-state index contributed by atoms with van der Waals surface area (Å²) in [7, 11) is 1.49. The van der Waals surface area contributed by atoms with E-state index >= 15 is 0 Å². The van der Waals surface area contributed by atoms with Crippen molar-refractivity contribution in [1.82, 2.24) is 0 Å². The van der Waals surface area contributed by atoms with Gasteiger partial charge in [0.15, 0.2) is 17.9 Å². The number of rotatable bonds is 1. The Labute approximate surface area is 130 Å². The third kappa shape index (κ3) is 2.69. The van der Waals surface area contributed by atoms with Crippen molar-refractivity contribution in [2.24, 2.45) is 0 Å². The van der Waals surface area contributed by atoms with Gasteiger partial charge in [-0.25, -0.2) is 0 Å². The van der Waals surface area contributed by atoms with Gasteiger partial charge in [0.25, 0.3) is 0 Å². The first-order chi connectivity index (χ1) is 10.1. The molecule has 6 atom stereocenters. The highest BCUT2D eigenvalue weighted by molar-refractivity contribution is 5.05. The van der Waals surface area contributed by atoms with Crippen molar-refractivity contribution in [3.05, 3.63) is 0 Å². The summed E-state index contributed by atoms with van der Waals surface area (Å²) in [6, 6.07) is 0. The summed E-state index contributed by atoms with van der Waals surface area (Å²) in [5.41, 5.74) is -1.38. The molecule has 3 rings (SSSR count). The highest BCUT2D eigenvalue weighted by Crippen LogP contribution is 2.44. The molecule has 7 nitrogen and oxygen atoms in total. The fourth-order valence-electron chi connectivity index (χ4n) is 3.42. The van der Waals surface area contributed by atoms with Crippen LogP contribution in [-0.4, -0.2) is 66.7 Å². The molecule has 3 heterocycles. The van der Waals surface area contributed by atoms with E-state index in [0.717, 1.165) is 0 Å². The molecule has 2 unspecified atom stereocenters. The van der Waals surface area contributed by atoms with E-state index in [1.54, 1.807) is 6.92 Å². The van der Waals surface area contributed by atoms with Gasteiger partial charge < -0.3 is 33.5 Å². The van der Waals surface area contributed by atoms with E-state index in [0.29, 0.717) is 6.61 Å². The van der Waals surface area contributed by atoms with Gasteiger partial charge in [0, 0.05) is 7.11 Å². The zero-order chi connectivity index (χ0) is 16.3. The maximum absolute atomic E-state index is 10.9. The molecule has 0 bridgehead atoms. The maximum Gasteiger partial charge on any atom is 0.188 e. The lowest BCUT2D eigenvalue weighted by Crippen LogP contribution is -2.57. The van der Waals surface area contributed by atoms with E-state index < -0.39 is 47.9 Å². The Bertz CT molecular complexity index is 434. The first-order valence-corrected chi connectivity index (χ1v) is 7.64. The third-order valence-electron chi connectivity index (χ3n) is 4.40. The Hall–Kier alpha value is -0.280. The Morgan fingerprint density at radius 2 is 1.59 bits per heavy atom. The molecule has 0 aliphatic carbocycles. The molecular formula is C15H26O7. The van der Waals surface area contributed by atoms with Crippen LogP contribution in [0.4, 0.5) is 0 Å². The molecule has 0 saturated carbocycles. The Kier molecular flexibility index (Phi) is 3.85. The van der Waals surface area contributed by atoms with Crippen LogP contribution in [-0.2, 0) is 28.4 Å². The van der Waals surface area contributed by atoms with Crippen molar-refractivity contribution >= 4 is 0 Å². The quantitative estimate of drug-likeness (QED) is 0.765. The number of hydrogen-bond acceptors (Lipinski definition) is 7. The summed E-state index contributed by atoms with van der Waals surface area (Å²) in [5.74, 6) is -1.56. The number of hydrogen-bond donors (Lipinski definition) is 1. The molecule has 22 heavy (non-hydrogen) atoms. The fourth-order valence-corrected chi connectivity index (χ4v) is 3.42. The van der Waals surface area contributed by atoms with Crippen molar-refractivity contribution in [3.8, 4) is 0 Å². The molecule has 0 aromatic heterocycles. The Morgan fingerprint density at radius 1 is 0.955 bits per heavy atom. The van der Waals surface area contributed by atoms with Crippen LogP contribution in [0.15, 0.2) is 0 Å². The van der Waals surface area contributed by atoms with Gasteiger partial charge in [0.05, 0.1) is 6.61 Å². The van der Waals surface area contributed by atoms with E-state index in [1.165, 1.54) is 7.11 Å². The van der Waals surface area contributed by atoms with Crippen molar-refractivity contribution in [2.75, 3.05) is 13.7 Å². The minimum Gasteiger partial charge on any atom is -0.382 e. The van der Waals surface area contributed by atoms with Crippen LogP contribution in [0.1, 0.15) is 34.6 Å². The van der Waals surface area contributed by atoms with E-state index in [9.17, 15) is 5.11 Å². The first-order valence-electron chi connectivity index (χ1n) is 7.64. The van der Waals surface area contributed by atoms with Crippen LogP contribution in [0.2, 0.25) is 0 Å². The van der Waals surface area contributed by atoms with Gasteiger partial charge in [0.2, 0.25) is 0 Å². The lowest BCUT2D eigenvalue weighted by atomic mass is 9.91. The molecule has 3 fully saturated rings. The molecule has 0 radical (unpaired) electrons. The van der Waals surface area contributed by atoms with Crippen LogP contribution in [0.3, 0.4) is 0 Å². The minimum absolute atomic E-state index is 0.334. The zero-order valence-corrected chi connectivity index (χ0v) is 14.0. The lowest BCUT2D eigenvalue weighted by Gasteiger charge is -2.42. The highest BCUT2D eigenvalue weighted by Gasteiger charge is 2.62. The van der Waals surface area contributed by atoms with Crippen molar-refractivity contribution in [3.63, 3.8) is 0 Å². The Balaban J connectivity index is 1.98. The topological polar surface area (TPSA) is 75.6 Å². The minimum atomic E-state index is -1.38. The van der Waals surface area contributed by atoms with Gasteiger partial charge in [-0.15, -0.1) is 0 Å². The number of methoxy groups -OCH3 is 1. The molecule has 3 aliphatic heterocycles. The summed E-state index contributed by atoms with van der Waals surface area (Å²) in [5, 5.41) is 10.9. The van der Waals surface area contributed by atoms with E-state index in [-0.39, 0.29) is 0 Å². The lowest BCUT2D eigenvalue weighted by molar-refractivity contribution is -0.345. The summed E-state index contributed by atoms with van der Waals surface area (Å²) in [4.78, 5) is 0. The van der Waals surface area contributed by atoms with Gasteiger partial charge in [0.1, 0.15) is 30.0 Å². The normalized spacial score (nSPS) is 50.0. The molecule has 0 aromatic carbocycles. The van der Waals surface area contributed by atoms with Gasteiger partial charge in [-0.3, -0.25) is 0 Å². The van der Waals surface area contributed by atoms with E-state index in [2.05, 4.69) is 0 Å². The molecule has 128 valence electrons. The van der Waals surface area contributed by atoms with Crippen molar-refractivity contribution in [1.29, 1.82) is 0 Å². The monoisotopic (exact) mass is 318 g/mol. The van der Waals surface area contributed by atoms with Crippen molar-refractivity contribution < 1.29 is 33.5 Å². The standard InChI is InChI=1S/C15H26O7/c1-13(2)18-7-8-9(20-13)10-11(22-14(3,4)21-10)15(5,16)12(17-6)19-8/h8-12,16H,7H2,1-6H3/t8?,9-,10+,11?,12+,15-/m1/s1. The van der Waals surface area contributed by atoms with E-state index in [1.807, 2.05) is 27.7 Å². The summed E-state index contributed by atoms with van der Waals surface area (Å²) in [6.45, 7) is 9.29. The van der Waals surface area contributed by atoms with E-state index in [4.69, 9.17) is 28.4 Å². The van der Waals surface area contributed by atoms with Crippen LogP contribution >= 0.6 is 0 Å².